The van der Waals surface area contributed by atoms with Gasteiger partial charge in [0, 0.05) is 30.5 Å². The first-order chi connectivity index (χ1) is 8.26. The molecule has 0 fully saturated rings. The molecule has 1 aromatic rings. The van der Waals surface area contributed by atoms with E-state index in [1.165, 1.54) is 0 Å². The van der Waals surface area contributed by atoms with Crippen LogP contribution in [0.5, 0.6) is 11.5 Å². The Morgan fingerprint density at radius 3 is 2.41 bits per heavy atom. The Labute approximate surface area is 102 Å². The molecular formula is C13H21NO3. The molecule has 0 saturated carbocycles. The molecule has 1 rings (SSSR count). The smallest absolute Gasteiger partial charge is 0.125 e. The molecule has 3 N–H and O–H groups in total. The average Bonchev–Trinajstić information content (AvgIpc) is 2.28. The number of hydrogen-bond donors (Lipinski definition) is 2. The van der Waals surface area contributed by atoms with Crippen molar-refractivity contribution in [1.82, 2.24) is 0 Å². The lowest BCUT2D eigenvalue weighted by molar-refractivity contribution is 0.265. The minimum absolute atomic E-state index is 0.243. The first-order valence-electron chi connectivity index (χ1n) is 6.03. The Morgan fingerprint density at radius 2 is 1.76 bits per heavy atom. The molecule has 0 radical (unpaired) electrons. The van der Waals surface area contributed by atoms with Crippen LogP contribution in [0.25, 0.3) is 0 Å². The number of nitrogen functional groups attached to an aromatic ring is 1. The number of rotatable bonds is 8. The largest absolute Gasteiger partial charge is 0.494 e. The Balaban J connectivity index is 2.41. The van der Waals surface area contributed by atoms with Gasteiger partial charge in [0.2, 0.25) is 0 Å². The third kappa shape index (κ3) is 5.45. The molecule has 4 heteroatoms. The van der Waals surface area contributed by atoms with E-state index in [1.54, 1.807) is 12.1 Å². The van der Waals surface area contributed by atoms with Crippen LogP contribution in [0.2, 0.25) is 0 Å². The Hall–Kier alpha value is -1.42. The van der Waals surface area contributed by atoms with E-state index in [0.717, 1.165) is 30.8 Å². The van der Waals surface area contributed by atoms with Gasteiger partial charge in [-0.2, -0.15) is 0 Å². The fraction of sp³-hybridized carbons (Fsp3) is 0.538. The number of aliphatic hydroxyl groups is 1. The number of nitrogens with two attached hydrogens (primary N) is 1. The van der Waals surface area contributed by atoms with E-state index < -0.39 is 0 Å². The van der Waals surface area contributed by atoms with Gasteiger partial charge in [0.15, 0.2) is 0 Å². The third-order valence-corrected chi connectivity index (χ3v) is 2.28. The van der Waals surface area contributed by atoms with Gasteiger partial charge in [0.25, 0.3) is 0 Å². The lowest BCUT2D eigenvalue weighted by Crippen LogP contribution is -2.00. The molecule has 0 heterocycles. The van der Waals surface area contributed by atoms with Crippen LogP contribution in [-0.2, 0) is 0 Å². The zero-order chi connectivity index (χ0) is 12.5. The minimum Gasteiger partial charge on any atom is -0.494 e. The molecule has 96 valence electrons. The lowest BCUT2D eigenvalue weighted by Gasteiger charge is -2.09. The molecule has 0 unspecified atom stereocenters. The predicted octanol–water partition coefficient (Wildman–Crippen LogP) is 2.21. The van der Waals surface area contributed by atoms with Crippen LogP contribution in [0.3, 0.4) is 0 Å². The van der Waals surface area contributed by atoms with Crippen molar-refractivity contribution in [3.63, 3.8) is 0 Å². The maximum absolute atomic E-state index is 8.64. The average molecular weight is 239 g/mol. The van der Waals surface area contributed by atoms with Gasteiger partial charge in [-0.15, -0.1) is 0 Å². The Kier molecular flexibility index (Phi) is 6.25. The lowest BCUT2D eigenvalue weighted by atomic mass is 10.2. The summed E-state index contributed by atoms with van der Waals surface area (Å²) in [5.41, 5.74) is 6.39. The predicted molar refractivity (Wildman–Crippen MR) is 68.5 cm³/mol. The van der Waals surface area contributed by atoms with Gasteiger partial charge < -0.3 is 20.3 Å². The van der Waals surface area contributed by atoms with Crippen LogP contribution in [0.15, 0.2) is 18.2 Å². The zero-order valence-electron chi connectivity index (χ0n) is 10.3. The van der Waals surface area contributed by atoms with E-state index in [1.807, 2.05) is 13.0 Å². The second kappa shape index (κ2) is 7.79. The van der Waals surface area contributed by atoms with Crippen molar-refractivity contribution in [2.24, 2.45) is 0 Å². The first kappa shape index (κ1) is 13.6. The molecule has 0 aliphatic rings. The van der Waals surface area contributed by atoms with E-state index in [-0.39, 0.29) is 6.61 Å². The number of anilines is 1. The standard InChI is InChI=1S/C13H21NO3/c1-2-16-12-8-11(14)9-13(10-12)17-7-5-3-4-6-15/h8-10,15H,2-7,14H2,1H3. The monoisotopic (exact) mass is 239 g/mol. The van der Waals surface area contributed by atoms with Crippen molar-refractivity contribution < 1.29 is 14.6 Å². The van der Waals surface area contributed by atoms with Crippen LogP contribution in [0, 0.1) is 0 Å². The van der Waals surface area contributed by atoms with Gasteiger partial charge in [0.1, 0.15) is 11.5 Å². The summed E-state index contributed by atoms with van der Waals surface area (Å²) in [7, 11) is 0. The molecule has 1 aromatic carbocycles. The summed E-state index contributed by atoms with van der Waals surface area (Å²) in [6, 6.07) is 5.41. The van der Waals surface area contributed by atoms with Gasteiger partial charge >= 0.3 is 0 Å². The fourth-order valence-electron chi connectivity index (χ4n) is 1.51. The van der Waals surface area contributed by atoms with Crippen LogP contribution in [0.1, 0.15) is 26.2 Å². The SMILES string of the molecule is CCOc1cc(N)cc(OCCCCCO)c1. The summed E-state index contributed by atoms with van der Waals surface area (Å²) in [5.74, 6) is 1.47. The quantitative estimate of drug-likeness (QED) is 0.539. The van der Waals surface area contributed by atoms with Gasteiger partial charge in [-0.3, -0.25) is 0 Å². The van der Waals surface area contributed by atoms with Crippen molar-refractivity contribution in [3.05, 3.63) is 18.2 Å². The molecule has 0 aliphatic heterocycles. The normalized spacial score (nSPS) is 10.2. The number of unbranched alkanes of at least 4 members (excludes halogenated alkanes) is 2. The summed E-state index contributed by atoms with van der Waals surface area (Å²) in [6.45, 7) is 3.42. The number of hydrogen-bond acceptors (Lipinski definition) is 4. The molecule has 0 atom stereocenters. The highest BCUT2D eigenvalue weighted by Crippen LogP contribution is 2.24. The molecular weight excluding hydrogens is 218 g/mol. The van der Waals surface area contributed by atoms with Crippen LogP contribution in [0.4, 0.5) is 5.69 Å². The Morgan fingerprint density at radius 1 is 1.06 bits per heavy atom. The van der Waals surface area contributed by atoms with Crippen molar-refractivity contribution in [2.75, 3.05) is 25.6 Å². The fourth-order valence-corrected chi connectivity index (χ4v) is 1.51. The van der Waals surface area contributed by atoms with Crippen molar-refractivity contribution in [1.29, 1.82) is 0 Å². The molecule has 17 heavy (non-hydrogen) atoms. The number of ether oxygens (including phenoxy) is 2. The number of aliphatic hydroxyl groups excluding tert-OH is 1. The van der Waals surface area contributed by atoms with Crippen LogP contribution >= 0.6 is 0 Å². The van der Waals surface area contributed by atoms with Gasteiger partial charge in [-0.25, -0.2) is 0 Å². The topological polar surface area (TPSA) is 64.7 Å². The second-order valence-corrected chi connectivity index (χ2v) is 3.80. The third-order valence-electron chi connectivity index (χ3n) is 2.28. The molecule has 4 nitrogen and oxygen atoms in total. The van der Waals surface area contributed by atoms with Gasteiger partial charge in [0.05, 0.1) is 13.2 Å². The molecule has 0 aliphatic carbocycles. The highest BCUT2D eigenvalue weighted by atomic mass is 16.5. The molecule has 0 amide bonds. The summed E-state index contributed by atoms with van der Waals surface area (Å²) in [5, 5.41) is 8.64. The van der Waals surface area contributed by atoms with E-state index in [4.69, 9.17) is 20.3 Å². The molecule has 0 aromatic heterocycles. The summed E-state index contributed by atoms with van der Waals surface area (Å²) in [6.07, 6.45) is 2.72. The van der Waals surface area contributed by atoms with Crippen LogP contribution in [-0.4, -0.2) is 24.9 Å². The van der Waals surface area contributed by atoms with E-state index >= 15 is 0 Å². The second-order valence-electron chi connectivity index (χ2n) is 3.80. The van der Waals surface area contributed by atoms with E-state index in [9.17, 15) is 0 Å². The van der Waals surface area contributed by atoms with Crippen molar-refractivity contribution in [2.45, 2.75) is 26.2 Å². The number of benzene rings is 1. The maximum Gasteiger partial charge on any atom is 0.125 e. The first-order valence-corrected chi connectivity index (χ1v) is 6.03. The van der Waals surface area contributed by atoms with Crippen LogP contribution < -0.4 is 15.2 Å². The molecule has 0 saturated heterocycles. The van der Waals surface area contributed by atoms with Crippen molar-refractivity contribution >= 4 is 5.69 Å². The molecule has 0 bridgehead atoms. The van der Waals surface area contributed by atoms with Crippen molar-refractivity contribution in [3.8, 4) is 11.5 Å². The van der Waals surface area contributed by atoms with Gasteiger partial charge in [-0.05, 0) is 26.2 Å². The molecule has 0 spiro atoms. The highest BCUT2D eigenvalue weighted by molar-refractivity contribution is 5.50. The minimum atomic E-state index is 0.243. The summed E-state index contributed by atoms with van der Waals surface area (Å²) < 4.78 is 11.0. The Bertz CT molecular complexity index is 328. The van der Waals surface area contributed by atoms with E-state index in [2.05, 4.69) is 0 Å². The zero-order valence-corrected chi connectivity index (χ0v) is 10.3. The van der Waals surface area contributed by atoms with Gasteiger partial charge in [-0.1, -0.05) is 0 Å². The highest BCUT2D eigenvalue weighted by Gasteiger charge is 2.00. The summed E-state index contributed by atoms with van der Waals surface area (Å²) >= 11 is 0. The van der Waals surface area contributed by atoms with E-state index in [0.29, 0.717) is 18.9 Å². The maximum atomic E-state index is 8.64. The summed E-state index contributed by atoms with van der Waals surface area (Å²) in [4.78, 5) is 0.